The minimum Gasteiger partial charge on any atom is -0.312 e. The summed E-state index contributed by atoms with van der Waals surface area (Å²) < 4.78 is 19.3. The van der Waals surface area contributed by atoms with Crippen LogP contribution in [0.3, 0.4) is 0 Å². The van der Waals surface area contributed by atoms with E-state index in [2.05, 4.69) is 5.32 Å². The van der Waals surface area contributed by atoms with Gasteiger partial charge < -0.3 is 4.90 Å². The van der Waals surface area contributed by atoms with Crippen molar-refractivity contribution in [1.82, 2.24) is 10.2 Å². The molecule has 2 radical (unpaired) electrons. The molecule has 1 heterocycles. The van der Waals surface area contributed by atoms with Crippen molar-refractivity contribution in [3.05, 3.63) is 24.0 Å². The van der Waals surface area contributed by atoms with Gasteiger partial charge in [-0.1, -0.05) is 0 Å². The molecule has 2 amide bonds. The van der Waals surface area contributed by atoms with Crippen molar-refractivity contribution in [2.75, 3.05) is 39.1 Å². The monoisotopic (exact) mass is 431 g/mol. The Balaban J connectivity index is 0.000000593. The van der Waals surface area contributed by atoms with Crippen LogP contribution in [0.15, 0.2) is 18.2 Å². The Hall–Kier alpha value is -1.35. The second-order valence-corrected chi connectivity index (χ2v) is 7.38. The molecule has 1 atom stereocenters. The molecule has 1 aromatic rings. The van der Waals surface area contributed by atoms with Crippen molar-refractivity contribution >= 4 is 43.8 Å². The van der Waals surface area contributed by atoms with E-state index in [4.69, 9.17) is 4.74 Å². The van der Waals surface area contributed by atoms with Gasteiger partial charge in [0.15, 0.2) is 0 Å². The minimum atomic E-state index is -0.518. The van der Waals surface area contributed by atoms with Crippen molar-refractivity contribution < 1.29 is 18.7 Å². The van der Waals surface area contributed by atoms with Gasteiger partial charge in [-0.3, -0.25) is 0 Å². The first-order valence-electron chi connectivity index (χ1n) is 7.09. The van der Waals surface area contributed by atoms with E-state index in [0.717, 1.165) is 0 Å². The van der Waals surface area contributed by atoms with Gasteiger partial charge in [-0.2, -0.15) is 0 Å². The van der Waals surface area contributed by atoms with Crippen LogP contribution < -0.4 is 13.8 Å². The Morgan fingerprint density at radius 3 is 2.61 bits per heavy atom. The Morgan fingerprint density at radius 1 is 1.48 bits per heavy atom. The molecule has 2 rings (SSSR count). The summed E-state index contributed by atoms with van der Waals surface area (Å²) in [6.07, 6.45) is -0.926. The number of cyclic esters (lactones) is 1. The summed E-state index contributed by atoms with van der Waals surface area (Å²) in [7, 11) is 6.00. The van der Waals surface area contributed by atoms with Crippen LogP contribution in [-0.2, 0) is 9.53 Å². The first-order chi connectivity index (χ1) is 10.7. The van der Waals surface area contributed by atoms with Crippen LogP contribution in [-0.4, -0.2) is 79.8 Å². The van der Waals surface area contributed by atoms with E-state index in [-0.39, 0.29) is 18.3 Å². The van der Waals surface area contributed by atoms with Crippen molar-refractivity contribution in [1.29, 1.82) is 0 Å². The van der Waals surface area contributed by atoms with Gasteiger partial charge >= 0.3 is 123 Å². The van der Waals surface area contributed by atoms with Gasteiger partial charge in [0.1, 0.15) is 0 Å². The van der Waals surface area contributed by atoms with Gasteiger partial charge in [-0.15, -0.1) is 0 Å². The molecule has 1 aliphatic rings. The molecule has 0 aromatic heterocycles. The van der Waals surface area contributed by atoms with Crippen molar-refractivity contribution in [3.63, 3.8) is 0 Å². The first-order valence-corrected chi connectivity index (χ1v) is 8.74. The van der Waals surface area contributed by atoms with Gasteiger partial charge in [0.2, 0.25) is 0 Å². The number of ether oxygens (including phenoxy) is 1. The molecule has 0 aliphatic carbocycles. The van der Waals surface area contributed by atoms with Gasteiger partial charge in [0, 0.05) is 0 Å². The number of carbonyl (C=O) groups is 2. The number of rotatable bonds is 3. The summed E-state index contributed by atoms with van der Waals surface area (Å²) in [5.41, 5.74) is 0.478. The number of halogens is 1. The van der Waals surface area contributed by atoms with Crippen LogP contribution in [0.25, 0.3) is 0 Å². The molecular formula is C15H22FN3O3Sn. The van der Waals surface area contributed by atoms with Gasteiger partial charge in [-0.05, 0) is 21.1 Å². The third-order valence-electron chi connectivity index (χ3n) is 2.75. The molecule has 0 unspecified atom stereocenters. The first kappa shape index (κ1) is 19.7. The van der Waals surface area contributed by atoms with Crippen molar-refractivity contribution in [2.24, 2.45) is 0 Å². The smallest absolute Gasteiger partial charge is 0.0140 e. The van der Waals surface area contributed by atoms with Crippen molar-refractivity contribution in [2.45, 2.75) is 13.0 Å². The van der Waals surface area contributed by atoms with E-state index in [1.807, 2.05) is 26.0 Å². The van der Waals surface area contributed by atoms with Crippen LogP contribution in [0.4, 0.5) is 14.9 Å². The summed E-state index contributed by atoms with van der Waals surface area (Å²) in [6, 6.07) is 4.70. The van der Waals surface area contributed by atoms with E-state index in [9.17, 15) is 14.0 Å². The van der Waals surface area contributed by atoms with E-state index in [1.54, 1.807) is 12.1 Å². The SMILES string of the molecule is CC(=O)NC[C@H]1CN(c2cc[c]([SnH])c(F)c2)C(=O)O1.CN(C)C. The molecule has 23 heavy (non-hydrogen) atoms. The van der Waals surface area contributed by atoms with Crippen LogP contribution in [0.2, 0.25) is 0 Å². The average molecular weight is 430 g/mol. The normalized spacial score (nSPS) is 16.7. The maximum absolute atomic E-state index is 13.5. The quantitative estimate of drug-likeness (QED) is 0.686. The summed E-state index contributed by atoms with van der Waals surface area (Å²) in [4.78, 5) is 25.9. The van der Waals surface area contributed by atoms with Gasteiger partial charge in [0.25, 0.3) is 0 Å². The standard InChI is InChI=1S/C12H12FN2O3.C3H9N.Sn.H/c1-8(16)14-6-11-7-15(12(17)18-11)10-4-2-3-9(13)5-10;1-4(2)3;;/h2,4-5,11H,6-7H2,1H3,(H,14,16);1-3H3;;/t11-;;;/m0.../s1. The summed E-state index contributed by atoms with van der Waals surface area (Å²) >= 11 is 0.687. The largest absolute Gasteiger partial charge is 0.312 e. The Labute approximate surface area is 149 Å². The van der Waals surface area contributed by atoms with Crippen LogP contribution >= 0.6 is 0 Å². The minimum absolute atomic E-state index is 0.180. The summed E-state index contributed by atoms with van der Waals surface area (Å²) in [5, 5.41) is 2.59. The number of amides is 2. The fraction of sp³-hybridized carbons (Fsp3) is 0.467. The topological polar surface area (TPSA) is 61.9 Å². The third kappa shape index (κ3) is 6.74. The molecular weight excluding hydrogens is 408 g/mol. The number of carbonyl (C=O) groups excluding carboxylic acids is 2. The molecule has 8 heteroatoms. The van der Waals surface area contributed by atoms with Crippen molar-refractivity contribution in [3.8, 4) is 0 Å². The Kier molecular flexibility index (Phi) is 7.77. The van der Waals surface area contributed by atoms with E-state index in [1.165, 1.54) is 17.9 Å². The number of nitrogens with one attached hydrogen (secondary N) is 1. The molecule has 1 N–H and O–H groups in total. The number of hydrogen-bond donors (Lipinski definition) is 1. The Morgan fingerprint density at radius 2 is 2.09 bits per heavy atom. The Bertz CT molecular complexity index is 566. The molecule has 1 saturated heterocycles. The summed E-state index contributed by atoms with van der Waals surface area (Å²) in [6.45, 7) is 1.96. The molecule has 126 valence electrons. The predicted molar refractivity (Wildman–Crippen MR) is 89.1 cm³/mol. The molecule has 6 nitrogen and oxygen atoms in total. The van der Waals surface area contributed by atoms with E-state index in [0.29, 0.717) is 38.3 Å². The van der Waals surface area contributed by atoms with Gasteiger partial charge in [0.05, 0.1) is 0 Å². The number of nitrogens with zero attached hydrogens (tertiary/aromatic N) is 2. The maximum Gasteiger partial charge on any atom is -0.0140 e. The van der Waals surface area contributed by atoms with E-state index < -0.39 is 12.2 Å². The number of anilines is 1. The fourth-order valence-corrected chi connectivity index (χ4v) is 2.29. The van der Waals surface area contributed by atoms with Gasteiger partial charge in [-0.25, -0.2) is 0 Å². The molecule has 0 spiro atoms. The van der Waals surface area contributed by atoms with Crippen LogP contribution in [0, 0.1) is 5.82 Å². The summed E-state index contributed by atoms with van der Waals surface area (Å²) in [5.74, 6) is -0.487. The van der Waals surface area contributed by atoms with Crippen LogP contribution in [0.5, 0.6) is 0 Å². The zero-order chi connectivity index (χ0) is 17.6. The zero-order valence-electron chi connectivity index (χ0n) is 13.8. The zero-order valence-corrected chi connectivity index (χ0v) is 17.1. The second-order valence-electron chi connectivity index (χ2n) is 5.60. The third-order valence-corrected chi connectivity index (χ3v) is 4.08. The van der Waals surface area contributed by atoms with E-state index >= 15 is 0 Å². The fourth-order valence-electron chi connectivity index (χ4n) is 1.78. The van der Waals surface area contributed by atoms with Crippen LogP contribution in [0.1, 0.15) is 6.92 Å². The molecule has 1 aromatic carbocycles. The molecule has 0 saturated carbocycles. The predicted octanol–water partition coefficient (Wildman–Crippen LogP) is -0.00910. The number of hydrogen-bond acceptors (Lipinski definition) is 4. The molecule has 1 fully saturated rings. The maximum atomic E-state index is 13.5. The second kappa shape index (κ2) is 9.07. The average Bonchev–Trinajstić information content (AvgIpc) is 2.80. The molecule has 0 bridgehead atoms. The molecule has 1 aliphatic heterocycles. The number of benzene rings is 1.